The van der Waals surface area contributed by atoms with Crippen LogP contribution in [0.1, 0.15) is 23.6 Å². The average molecular weight is 380 g/mol. The molecule has 0 bridgehead atoms. The maximum atomic E-state index is 12.5. The number of imide groups is 1. The van der Waals surface area contributed by atoms with E-state index in [1.165, 1.54) is 5.56 Å². The molecule has 3 rings (SSSR count). The van der Waals surface area contributed by atoms with E-state index in [0.717, 1.165) is 34.2 Å². The molecule has 2 aromatic carbocycles. The van der Waals surface area contributed by atoms with E-state index in [0.29, 0.717) is 10.6 Å². The number of amides is 3. The van der Waals surface area contributed by atoms with Crippen LogP contribution >= 0.6 is 11.8 Å². The van der Waals surface area contributed by atoms with Crippen LogP contribution in [-0.2, 0) is 16.0 Å². The van der Waals surface area contributed by atoms with Gasteiger partial charge in [0.05, 0.1) is 4.91 Å². The topological polar surface area (TPSA) is 66.5 Å². The highest BCUT2D eigenvalue weighted by Gasteiger charge is 2.36. The third-order valence-electron chi connectivity index (χ3n) is 4.30. The summed E-state index contributed by atoms with van der Waals surface area (Å²) in [7, 11) is 0. The maximum Gasteiger partial charge on any atom is 0.294 e. The van der Waals surface area contributed by atoms with E-state index in [9.17, 15) is 14.4 Å². The fourth-order valence-electron chi connectivity index (χ4n) is 2.69. The monoisotopic (exact) mass is 380 g/mol. The summed E-state index contributed by atoms with van der Waals surface area (Å²) in [6.07, 6.45) is 2.61. The van der Waals surface area contributed by atoms with E-state index in [1.807, 2.05) is 55.5 Å². The van der Waals surface area contributed by atoms with Crippen LogP contribution in [0.3, 0.4) is 0 Å². The molecule has 0 spiro atoms. The number of hydrogen-bond acceptors (Lipinski definition) is 4. The van der Waals surface area contributed by atoms with Gasteiger partial charge in [-0.15, -0.1) is 0 Å². The number of carbonyl (C=O) groups is 3. The van der Waals surface area contributed by atoms with Crippen LogP contribution in [0.5, 0.6) is 0 Å². The number of nitrogens with one attached hydrogen (secondary N) is 1. The molecule has 2 aromatic rings. The highest BCUT2D eigenvalue weighted by atomic mass is 32.2. The summed E-state index contributed by atoms with van der Waals surface area (Å²) in [5.74, 6) is -0.844. The van der Waals surface area contributed by atoms with Crippen molar-refractivity contribution < 1.29 is 14.4 Å². The lowest BCUT2D eigenvalue weighted by molar-refractivity contribution is -0.127. The van der Waals surface area contributed by atoms with Crippen LogP contribution < -0.4 is 5.32 Å². The standard InChI is InChI=1S/C21H20N2O3S/c1-3-15-8-10-17(11-9-15)22-19(24)13-23-20(25)18(27-21(23)26)12-16-7-5-4-6-14(16)2/h4-12H,3,13H2,1-2H3,(H,22,24)/b18-12+. The molecule has 1 heterocycles. The van der Waals surface area contributed by atoms with Crippen LogP contribution in [0.2, 0.25) is 0 Å². The van der Waals surface area contributed by atoms with Crippen molar-refractivity contribution >= 4 is 40.6 Å². The molecular weight excluding hydrogens is 360 g/mol. The van der Waals surface area contributed by atoms with E-state index in [4.69, 9.17) is 0 Å². The Morgan fingerprint density at radius 2 is 1.81 bits per heavy atom. The minimum absolute atomic E-state index is 0.300. The van der Waals surface area contributed by atoms with Crippen molar-refractivity contribution in [3.8, 4) is 0 Å². The van der Waals surface area contributed by atoms with Crippen LogP contribution in [0.15, 0.2) is 53.4 Å². The first-order valence-corrected chi connectivity index (χ1v) is 9.49. The fraction of sp³-hybridized carbons (Fsp3) is 0.190. The van der Waals surface area contributed by atoms with E-state index < -0.39 is 17.1 Å². The molecule has 1 N–H and O–H groups in total. The van der Waals surface area contributed by atoms with Gasteiger partial charge < -0.3 is 5.32 Å². The van der Waals surface area contributed by atoms with Crippen molar-refractivity contribution in [3.63, 3.8) is 0 Å². The second kappa shape index (κ2) is 8.22. The Balaban J connectivity index is 1.68. The van der Waals surface area contributed by atoms with Crippen LogP contribution in [-0.4, -0.2) is 28.5 Å². The van der Waals surface area contributed by atoms with Gasteiger partial charge in [-0.3, -0.25) is 19.3 Å². The van der Waals surface area contributed by atoms with Gasteiger partial charge in [-0.2, -0.15) is 0 Å². The zero-order valence-corrected chi connectivity index (χ0v) is 16.0. The number of hydrogen-bond donors (Lipinski definition) is 1. The van der Waals surface area contributed by atoms with E-state index in [2.05, 4.69) is 12.2 Å². The summed E-state index contributed by atoms with van der Waals surface area (Å²) < 4.78 is 0. The van der Waals surface area contributed by atoms with Crippen molar-refractivity contribution in [2.75, 3.05) is 11.9 Å². The first kappa shape index (κ1) is 18.9. The second-order valence-electron chi connectivity index (χ2n) is 6.22. The molecule has 27 heavy (non-hydrogen) atoms. The Bertz CT molecular complexity index is 919. The lowest BCUT2D eigenvalue weighted by atomic mass is 10.1. The van der Waals surface area contributed by atoms with Gasteiger partial charge in [-0.05, 0) is 60.0 Å². The predicted octanol–water partition coefficient (Wildman–Crippen LogP) is 4.23. The summed E-state index contributed by atoms with van der Waals surface area (Å²) in [5.41, 5.74) is 3.70. The van der Waals surface area contributed by atoms with Gasteiger partial charge in [-0.1, -0.05) is 43.3 Å². The molecule has 5 nitrogen and oxygen atoms in total. The predicted molar refractivity (Wildman–Crippen MR) is 108 cm³/mol. The van der Waals surface area contributed by atoms with Gasteiger partial charge in [0, 0.05) is 5.69 Å². The third-order valence-corrected chi connectivity index (χ3v) is 5.20. The lowest BCUT2D eigenvalue weighted by Gasteiger charge is -2.12. The summed E-state index contributed by atoms with van der Waals surface area (Å²) >= 11 is 0.857. The van der Waals surface area contributed by atoms with Crippen molar-refractivity contribution in [1.82, 2.24) is 4.90 Å². The number of carbonyl (C=O) groups excluding carboxylic acids is 3. The summed E-state index contributed by atoms with van der Waals surface area (Å²) in [6, 6.07) is 15.1. The number of aryl methyl sites for hydroxylation is 2. The van der Waals surface area contributed by atoms with Gasteiger partial charge in [0.1, 0.15) is 6.54 Å². The summed E-state index contributed by atoms with van der Waals surface area (Å²) in [6.45, 7) is 3.69. The third kappa shape index (κ3) is 4.46. The van der Waals surface area contributed by atoms with Crippen LogP contribution in [0.4, 0.5) is 10.5 Å². The molecule has 6 heteroatoms. The van der Waals surface area contributed by atoms with Gasteiger partial charge in [0.2, 0.25) is 5.91 Å². The van der Waals surface area contributed by atoms with E-state index in [1.54, 1.807) is 6.08 Å². The number of benzene rings is 2. The summed E-state index contributed by atoms with van der Waals surface area (Å²) in [4.78, 5) is 38.3. The first-order valence-electron chi connectivity index (χ1n) is 8.67. The lowest BCUT2D eigenvalue weighted by Crippen LogP contribution is -2.36. The Kier molecular flexibility index (Phi) is 5.76. The Morgan fingerprint density at radius 1 is 1.11 bits per heavy atom. The summed E-state index contributed by atoms with van der Waals surface area (Å²) in [5, 5.41) is 2.29. The number of anilines is 1. The number of nitrogens with zero attached hydrogens (tertiary/aromatic N) is 1. The zero-order chi connectivity index (χ0) is 19.4. The molecule has 0 aliphatic carbocycles. The highest BCUT2D eigenvalue weighted by molar-refractivity contribution is 8.18. The zero-order valence-electron chi connectivity index (χ0n) is 15.2. The molecule has 1 aliphatic heterocycles. The van der Waals surface area contributed by atoms with E-state index in [-0.39, 0.29) is 6.54 Å². The van der Waals surface area contributed by atoms with Crippen molar-refractivity contribution in [2.24, 2.45) is 0 Å². The molecule has 0 radical (unpaired) electrons. The molecule has 3 amide bonds. The Morgan fingerprint density at radius 3 is 2.48 bits per heavy atom. The van der Waals surface area contributed by atoms with Crippen molar-refractivity contribution in [3.05, 3.63) is 70.1 Å². The van der Waals surface area contributed by atoms with Crippen molar-refractivity contribution in [1.29, 1.82) is 0 Å². The van der Waals surface area contributed by atoms with Gasteiger partial charge in [0.15, 0.2) is 0 Å². The Hall–Kier alpha value is -2.86. The highest BCUT2D eigenvalue weighted by Crippen LogP contribution is 2.32. The molecule has 138 valence electrons. The normalized spacial score (nSPS) is 15.5. The Labute approximate surface area is 162 Å². The van der Waals surface area contributed by atoms with Gasteiger partial charge in [-0.25, -0.2) is 0 Å². The number of thioether (sulfide) groups is 1. The number of rotatable bonds is 5. The second-order valence-corrected chi connectivity index (χ2v) is 7.22. The van der Waals surface area contributed by atoms with Crippen LogP contribution in [0.25, 0.3) is 6.08 Å². The smallest absolute Gasteiger partial charge is 0.294 e. The molecule has 0 unspecified atom stereocenters. The average Bonchev–Trinajstić information content (AvgIpc) is 2.91. The first-order chi connectivity index (χ1) is 13.0. The minimum atomic E-state index is -0.440. The molecule has 1 saturated heterocycles. The van der Waals surface area contributed by atoms with Crippen LogP contribution in [0, 0.1) is 6.92 Å². The minimum Gasteiger partial charge on any atom is -0.325 e. The molecule has 1 aliphatic rings. The van der Waals surface area contributed by atoms with Gasteiger partial charge >= 0.3 is 0 Å². The molecular formula is C21H20N2O3S. The van der Waals surface area contributed by atoms with Gasteiger partial charge in [0.25, 0.3) is 11.1 Å². The molecule has 0 aromatic heterocycles. The largest absolute Gasteiger partial charge is 0.325 e. The molecule has 1 fully saturated rings. The maximum absolute atomic E-state index is 12.5. The van der Waals surface area contributed by atoms with Crippen molar-refractivity contribution in [2.45, 2.75) is 20.3 Å². The fourth-order valence-corrected chi connectivity index (χ4v) is 3.52. The quantitative estimate of drug-likeness (QED) is 0.788. The SMILES string of the molecule is CCc1ccc(NC(=O)CN2C(=O)S/C(=C/c3ccccc3C)C2=O)cc1. The molecule has 0 atom stereocenters. The molecule has 0 saturated carbocycles. The van der Waals surface area contributed by atoms with E-state index >= 15 is 0 Å².